The van der Waals surface area contributed by atoms with Gasteiger partial charge in [-0.05, 0) is 29.7 Å². The molecule has 1 aromatic rings. The van der Waals surface area contributed by atoms with Crippen molar-refractivity contribution in [3.8, 4) is 11.5 Å². The zero-order valence-corrected chi connectivity index (χ0v) is 12.9. The normalized spacial score (nSPS) is 13.6. The van der Waals surface area contributed by atoms with Crippen LogP contribution in [0.25, 0.3) is 6.08 Å². The zero-order chi connectivity index (χ0) is 16.7. The van der Waals surface area contributed by atoms with Crippen LogP contribution in [0.15, 0.2) is 24.3 Å². The lowest BCUT2D eigenvalue weighted by atomic mass is 9.99. The maximum atomic E-state index is 11.9. The Balaban J connectivity index is 2.76. The Morgan fingerprint density at radius 1 is 1.32 bits per heavy atom. The van der Waals surface area contributed by atoms with Gasteiger partial charge in [0.2, 0.25) is 5.91 Å². The quantitative estimate of drug-likeness (QED) is 0.423. The van der Waals surface area contributed by atoms with Crippen molar-refractivity contribution in [2.24, 2.45) is 5.92 Å². The van der Waals surface area contributed by atoms with Crippen LogP contribution in [0.1, 0.15) is 25.8 Å². The van der Waals surface area contributed by atoms with Crippen LogP contribution in [0, 0.1) is 5.92 Å². The Morgan fingerprint density at radius 2 is 2.00 bits per heavy atom. The second-order valence-electron chi connectivity index (χ2n) is 4.98. The van der Waals surface area contributed by atoms with E-state index in [9.17, 15) is 19.8 Å². The van der Waals surface area contributed by atoms with Crippen molar-refractivity contribution in [2.75, 3.05) is 7.11 Å². The molecule has 0 heterocycles. The molecule has 0 saturated heterocycles. The molecular formula is C16H21NO5. The third-order valence-electron chi connectivity index (χ3n) is 3.39. The van der Waals surface area contributed by atoms with Crippen molar-refractivity contribution < 1.29 is 24.5 Å². The minimum Gasteiger partial charge on any atom is -0.504 e. The molecule has 6 nitrogen and oxygen atoms in total. The molecule has 22 heavy (non-hydrogen) atoms. The molecule has 3 N–H and O–H groups in total. The number of esters is 1. The zero-order valence-electron chi connectivity index (χ0n) is 12.9. The molecule has 0 fully saturated rings. The average molecular weight is 307 g/mol. The minimum absolute atomic E-state index is 0.0532. The highest BCUT2D eigenvalue weighted by Crippen LogP contribution is 2.25. The van der Waals surface area contributed by atoms with Gasteiger partial charge in [0.25, 0.3) is 0 Å². The second-order valence-corrected chi connectivity index (χ2v) is 4.98. The molecule has 2 atom stereocenters. The fraction of sp³-hybridized carbons (Fsp3) is 0.375. The van der Waals surface area contributed by atoms with Gasteiger partial charge in [0.05, 0.1) is 7.11 Å². The Morgan fingerprint density at radius 3 is 2.55 bits per heavy atom. The second kappa shape index (κ2) is 8.07. The van der Waals surface area contributed by atoms with Crippen LogP contribution in [0.5, 0.6) is 11.5 Å². The van der Waals surface area contributed by atoms with E-state index in [1.807, 2.05) is 13.8 Å². The molecule has 0 aromatic heterocycles. The maximum Gasteiger partial charge on any atom is 0.328 e. The lowest BCUT2D eigenvalue weighted by Gasteiger charge is -2.20. The standard InChI is InChI=1S/C16H21NO5/c1-4-10(2)15(16(21)22-3)17-14(20)8-6-11-5-7-12(18)13(19)9-11/h5-10,15,18-19H,4H2,1-3H3,(H,17,20)/b8-6+/t10-,15-/m0/s1. The van der Waals surface area contributed by atoms with Gasteiger partial charge in [0.15, 0.2) is 11.5 Å². The molecule has 0 spiro atoms. The summed E-state index contributed by atoms with van der Waals surface area (Å²) in [7, 11) is 1.28. The molecule has 6 heteroatoms. The summed E-state index contributed by atoms with van der Waals surface area (Å²) in [5.74, 6) is -1.48. The van der Waals surface area contributed by atoms with Crippen molar-refractivity contribution in [1.82, 2.24) is 5.32 Å². The Hall–Kier alpha value is -2.50. The number of rotatable bonds is 6. The third-order valence-corrected chi connectivity index (χ3v) is 3.39. The van der Waals surface area contributed by atoms with Crippen molar-refractivity contribution >= 4 is 18.0 Å². The number of methoxy groups -OCH3 is 1. The van der Waals surface area contributed by atoms with Crippen LogP contribution in [0.3, 0.4) is 0 Å². The van der Waals surface area contributed by atoms with Crippen molar-refractivity contribution in [2.45, 2.75) is 26.3 Å². The van der Waals surface area contributed by atoms with Gasteiger partial charge in [-0.15, -0.1) is 0 Å². The Kier molecular flexibility index (Phi) is 6.44. The van der Waals surface area contributed by atoms with Gasteiger partial charge >= 0.3 is 5.97 Å². The van der Waals surface area contributed by atoms with Gasteiger partial charge in [-0.25, -0.2) is 4.79 Å². The highest BCUT2D eigenvalue weighted by Gasteiger charge is 2.25. The third kappa shape index (κ3) is 4.80. The number of aromatic hydroxyl groups is 2. The summed E-state index contributed by atoms with van der Waals surface area (Å²) >= 11 is 0. The van der Waals surface area contributed by atoms with E-state index in [4.69, 9.17) is 0 Å². The topological polar surface area (TPSA) is 95.9 Å². The molecule has 0 aliphatic heterocycles. The van der Waals surface area contributed by atoms with Crippen molar-refractivity contribution in [3.63, 3.8) is 0 Å². The summed E-state index contributed by atoms with van der Waals surface area (Å²) in [6.07, 6.45) is 3.44. The number of amides is 1. The molecular weight excluding hydrogens is 286 g/mol. The van der Waals surface area contributed by atoms with E-state index in [-0.39, 0.29) is 17.4 Å². The van der Waals surface area contributed by atoms with Gasteiger partial charge in [-0.1, -0.05) is 26.3 Å². The van der Waals surface area contributed by atoms with Crippen molar-refractivity contribution in [3.05, 3.63) is 29.8 Å². The van der Waals surface area contributed by atoms with Crippen LogP contribution in [-0.2, 0) is 14.3 Å². The first-order valence-corrected chi connectivity index (χ1v) is 6.97. The summed E-state index contributed by atoms with van der Waals surface area (Å²) in [4.78, 5) is 23.6. The number of phenols is 2. The van der Waals surface area contributed by atoms with E-state index in [1.54, 1.807) is 6.07 Å². The molecule has 0 aliphatic rings. The smallest absolute Gasteiger partial charge is 0.328 e. The molecule has 0 saturated carbocycles. The van der Waals surface area contributed by atoms with Gasteiger partial charge in [-0.2, -0.15) is 0 Å². The Bertz CT molecular complexity index is 568. The summed E-state index contributed by atoms with van der Waals surface area (Å²) in [5, 5.41) is 21.2. The first-order valence-electron chi connectivity index (χ1n) is 6.97. The fourth-order valence-corrected chi connectivity index (χ4v) is 1.81. The number of benzene rings is 1. The van der Waals surface area contributed by atoms with Crippen LogP contribution in [-0.4, -0.2) is 35.2 Å². The predicted molar refractivity (Wildman–Crippen MR) is 82.2 cm³/mol. The van der Waals surface area contributed by atoms with E-state index in [2.05, 4.69) is 10.1 Å². The highest BCUT2D eigenvalue weighted by molar-refractivity contribution is 5.94. The molecule has 0 aliphatic carbocycles. The number of hydrogen-bond donors (Lipinski definition) is 3. The summed E-state index contributed by atoms with van der Waals surface area (Å²) in [6, 6.07) is 3.49. The molecule has 1 amide bonds. The first kappa shape index (κ1) is 17.6. The highest BCUT2D eigenvalue weighted by atomic mass is 16.5. The molecule has 0 unspecified atom stereocenters. The lowest BCUT2D eigenvalue weighted by Crippen LogP contribution is -2.45. The van der Waals surface area contributed by atoms with Gasteiger partial charge in [0.1, 0.15) is 6.04 Å². The number of nitrogens with one attached hydrogen (secondary N) is 1. The molecule has 0 radical (unpaired) electrons. The molecule has 1 aromatic carbocycles. The van der Waals surface area contributed by atoms with Gasteiger partial charge < -0.3 is 20.3 Å². The number of carbonyl (C=O) groups is 2. The van der Waals surface area contributed by atoms with E-state index in [0.29, 0.717) is 5.56 Å². The number of phenolic OH excluding ortho intramolecular Hbond substituents is 2. The van der Waals surface area contributed by atoms with Crippen LogP contribution in [0.4, 0.5) is 0 Å². The van der Waals surface area contributed by atoms with Crippen molar-refractivity contribution in [1.29, 1.82) is 0 Å². The summed E-state index contributed by atoms with van der Waals surface area (Å²) in [5.41, 5.74) is 0.545. The van der Waals surface area contributed by atoms with E-state index < -0.39 is 17.9 Å². The van der Waals surface area contributed by atoms with E-state index >= 15 is 0 Å². The van der Waals surface area contributed by atoms with Crippen LogP contribution in [0.2, 0.25) is 0 Å². The monoisotopic (exact) mass is 307 g/mol. The predicted octanol–water partition coefficient (Wildman–Crippen LogP) is 1.81. The largest absolute Gasteiger partial charge is 0.504 e. The number of carbonyl (C=O) groups excluding carboxylic acids is 2. The van der Waals surface area contributed by atoms with Crippen LogP contribution < -0.4 is 5.32 Å². The Labute approximate surface area is 129 Å². The maximum absolute atomic E-state index is 11.9. The SMILES string of the molecule is CC[C@H](C)[C@H](NC(=O)/C=C/c1ccc(O)c(O)c1)C(=O)OC. The van der Waals surface area contributed by atoms with Gasteiger partial charge in [-0.3, -0.25) is 4.79 Å². The van der Waals surface area contributed by atoms with Crippen LogP contribution >= 0.6 is 0 Å². The van der Waals surface area contributed by atoms with E-state index in [1.165, 1.54) is 31.4 Å². The summed E-state index contributed by atoms with van der Waals surface area (Å²) < 4.78 is 4.69. The minimum atomic E-state index is -0.708. The average Bonchev–Trinajstić information content (AvgIpc) is 2.52. The van der Waals surface area contributed by atoms with E-state index in [0.717, 1.165) is 6.42 Å². The number of ether oxygens (including phenoxy) is 1. The van der Waals surface area contributed by atoms with Gasteiger partial charge in [0, 0.05) is 6.08 Å². The molecule has 120 valence electrons. The molecule has 1 rings (SSSR count). The fourth-order valence-electron chi connectivity index (χ4n) is 1.81. The lowest BCUT2D eigenvalue weighted by molar-refractivity contribution is -0.146. The number of hydrogen-bond acceptors (Lipinski definition) is 5. The summed E-state index contributed by atoms with van der Waals surface area (Å²) in [6.45, 7) is 3.77. The molecule has 0 bridgehead atoms. The first-order chi connectivity index (χ1) is 10.4.